The summed E-state index contributed by atoms with van der Waals surface area (Å²) in [5.74, 6) is -0.0314. The molecular weight excluding hydrogens is 484 g/mol. The average molecular weight is 515 g/mol. The van der Waals surface area contributed by atoms with Crippen LogP contribution in [0.2, 0.25) is 0 Å². The first-order chi connectivity index (χ1) is 17.5. The van der Waals surface area contributed by atoms with E-state index in [1.165, 1.54) is 22.3 Å². The SMILES string of the molecule is CCN(CC)c1ccc(N=C2S/C(=C3\Sc4ccccc4N3CC)C(=O)N2c2ccc(C)cc2)cc1. The molecule has 0 atom stereocenters. The summed E-state index contributed by atoms with van der Waals surface area (Å²) in [6, 6.07) is 24.7. The van der Waals surface area contributed by atoms with E-state index in [0.29, 0.717) is 5.17 Å². The second-order valence-electron chi connectivity index (χ2n) is 8.61. The standard InChI is InChI=1S/C29H30N4OS2/c1-5-31(6-2)22-18-14-21(15-19-22)30-29-33(23-16-12-20(4)13-17-23)27(34)26(36-29)28-32(7-3)24-10-8-9-11-25(24)35-28/h8-19H,5-7H2,1-4H3/b28-26-,30-29?. The first-order valence-corrected chi connectivity index (χ1v) is 14.0. The van der Waals surface area contributed by atoms with Crippen LogP contribution < -0.4 is 14.7 Å². The lowest BCUT2D eigenvalue weighted by molar-refractivity contribution is -0.113. The number of nitrogens with zero attached hydrogens (tertiary/aromatic N) is 4. The Kier molecular flexibility index (Phi) is 7.12. The lowest BCUT2D eigenvalue weighted by Crippen LogP contribution is -2.29. The maximum Gasteiger partial charge on any atom is 0.274 e. The number of benzene rings is 3. The van der Waals surface area contributed by atoms with Gasteiger partial charge in [-0.1, -0.05) is 41.6 Å². The van der Waals surface area contributed by atoms with E-state index in [-0.39, 0.29) is 5.91 Å². The van der Waals surface area contributed by atoms with Crippen LogP contribution >= 0.6 is 23.5 Å². The Balaban J connectivity index is 1.56. The summed E-state index contributed by atoms with van der Waals surface area (Å²) < 4.78 is 0. The van der Waals surface area contributed by atoms with Gasteiger partial charge in [0.2, 0.25) is 0 Å². The molecule has 184 valence electrons. The highest BCUT2D eigenvalue weighted by Crippen LogP contribution is 2.51. The number of thioether (sulfide) groups is 2. The first-order valence-electron chi connectivity index (χ1n) is 12.3. The molecule has 3 aromatic carbocycles. The van der Waals surface area contributed by atoms with Crippen LogP contribution in [0.15, 0.2) is 92.6 Å². The zero-order valence-corrected chi connectivity index (χ0v) is 22.7. The molecule has 5 rings (SSSR count). The molecule has 0 bridgehead atoms. The molecule has 0 aliphatic carbocycles. The predicted octanol–water partition coefficient (Wildman–Crippen LogP) is 7.41. The predicted molar refractivity (Wildman–Crippen MR) is 156 cm³/mol. The van der Waals surface area contributed by atoms with Crippen LogP contribution in [0.1, 0.15) is 26.3 Å². The highest BCUT2D eigenvalue weighted by molar-refractivity contribution is 8.20. The van der Waals surface area contributed by atoms with Crippen molar-refractivity contribution < 1.29 is 4.79 Å². The lowest BCUT2D eigenvalue weighted by atomic mass is 10.2. The third-order valence-electron chi connectivity index (χ3n) is 6.40. The molecule has 36 heavy (non-hydrogen) atoms. The van der Waals surface area contributed by atoms with Gasteiger partial charge < -0.3 is 9.80 Å². The van der Waals surface area contributed by atoms with Crippen molar-refractivity contribution in [1.82, 2.24) is 0 Å². The summed E-state index contributed by atoms with van der Waals surface area (Å²) in [5.41, 5.74) is 5.15. The van der Waals surface area contributed by atoms with E-state index in [9.17, 15) is 4.79 Å². The minimum absolute atomic E-state index is 0.0314. The van der Waals surface area contributed by atoms with Crippen LogP contribution in [0.5, 0.6) is 0 Å². The number of hydrogen-bond donors (Lipinski definition) is 0. The second kappa shape index (κ2) is 10.4. The molecule has 0 radical (unpaired) electrons. The van der Waals surface area contributed by atoms with Gasteiger partial charge in [-0.3, -0.25) is 9.69 Å². The smallest absolute Gasteiger partial charge is 0.274 e. The van der Waals surface area contributed by atoms with Gasteiger partial charge in [0.05, 0.1) is 17.1 Å². The van der Waals surface area contributed by atoms with Gasteiger partial charge in [0.25, 0.3) is 5.91 Å². The zero-order valence-electron chi connectivity index (χ0n) is 21.1. The number of rotatable bonds is 6. The van der Waals surface area contributed by atoms with E-state index in [2.05, 4.69) is 61.8 Å². The van der Waals surface area contributed by atoms with Crippen LogP contribution in [-0.4, -0.2) is 30.7 Å². The van der Waals surface area contributed by atoms with E-state index in [1.54, 1.807) is 16.7 Å². The Bertz CT molecular complexity index is 1330. The number of amides is 1. The molecular formula is C29H30N4OS2. The van der Waals surface area contributed by atoms with Gasteiger partial charge in [0, 0.05) is 30.2 Å². The van der Waals surface area contributed by atoms with Crippen LogP contribution in [0.25, 0.3) is 0 Å². The number of aryl methyl sites for hydroxylation is 1. The van der Waals surface area contributed by atoms with Crippen LogP contribution in [0, 0.1) is 6.92 Å². The average Bonchev–Trinajstić information content (AvgIpc) is 3.43. The van der Waals surface area contributed by atoms with Crippen LogP contribution in [-0.2, 0) is 4.79 Å². The number of carbonyl (C=O) groups is 1. The largest absolute Gasteiger partial charge is 0.372 e. The Morgan fingerprint density at radius 2 is 1.56 bits per heavy atom. The molecule has 1 amide bonds. The molecule has 2 aliphatic heterocycles. The first kappa shape index (κ1) is 24.5. The van der Waals surface area contributed by atoms with E-state index in [0.717, 1.165) is 52.2 Å². The van der Waals surface area contributed by atoms with Gasteiger partial charge in [0.1, 0.15) is 9.93 Å². The molecule has 5 nitrogen and oxygen atoms in total. The number of anilines is 3. The number of aliphatic imine (C=N–C) groups is 1. The summed E-state index contributed by atoms with van der Waals surface area (Å²) in [7, 11) is 0. The van der Waals surface area contributed by atoms with Gasteiger partial charge >= 0.3 is 0 Å². The molecule has 0 N–H and O–H groups in total. The number of hydrogen-bond acceptors (Lipinski definition) is 6. The second-order valence-corrected chi connectivity index (χ2v) is 10.6. The van der Waals surface area contributed by atoms with Crippen molar-refractivity contribution in [2.75, 3.05) is 34.3 Å². The number of amidine groups is 1. The zero-order chi connectivity index (χ0) is 25.2. The maximum absolute atomic E-state index is 13.9. The monoisotopic (exact) mass is 514 g/mol. The van der Waals surface area contributed by atoms with Crippen molar-refractivity contribution in [3.8, 4) is 0 Å². The van der Waals surface area contributed by atoms with Gasteiger partial charge in [-0.25, -0.2) is 4.99 Å². The summed E-state index contributed by atoms with van der Waals surface area (Å²) >= 11 is 3.13. The number of carbonyl (C=O) groups excluding carboxylic acids is 1. The molecule has 2 aliphatic rings. The van der Waals surface area contributed by atoms with Crippen LogP contribution in [0.3, 0.4) is 0 Å². The molecule has 0 aromatic heterocycles. The van der Waals surface area contributed by atoms with Crippen molar-refractivity contribution in [2.24, 2.45) is 4.99 Å². The van der Waals surface area contributed by atoms with E-state index in [1.807, 2.05) is 48.5 Å². The summed E-state index contributed by atoms with van der Waals surface area (Å²) in [5, 5.41) is 1.66. The van der Waals surface area contributed by atoms with E-state index in [4.69, 9.17) is 4.99 Å². The fraction of sp³-hybridized carbons (Fsp3) is 0.241. The van der Waals surface area contributed by atoms with E-state index >= 15 is 0 Å². The van der Waals surface area contributed by atoms with E-state index < -0.39 is 0 Å². The highest BCUT2D eigenvalue weighted by atomic mass is 32.2. The molecule has 7 heteroatoms. The Morgan fingerprint density at radius 1 is 0.861 bits per heavy atom. The fourth-order valence-electron chi connectivity index (χ4n) is 4.45. The molecule has 1 fully saturated rings. The Morgan fingerprint density at radius 3 is 2.22 bits per heavy atom. The van der Waals surface area contributed by atoms with Gasteiger partial charge in [-0.2, -0.15) is 0 Å². The molecule has 2 heterocycles. The summed E-state index contributed by atoms with van der Waals surface area (Å²) in [4.78, 5) is 27.1. The molecule has 3 aromatic rings. The highest BCUT2D eigenvalue weighted by Gasteiger charge is 2.40. The molecule has 1 saturated heterocycles. The normalized spacial score (nSPS) is 18.3. The fourth-order valence-corrected chi connectivity index (χ4v) is 6.85. The molecule has 0 saturated carbocycles. The quantitative estimate of drug-likeness (QED) is 0.320. The van der Waals surface area contributed by atoms with Gasteiger partial charge in [-0.05, 0) is 88.0 Å². The lowest BCUT2D eigenvalue weighted by Gasteiger charge is -2.21. The Labute approximate surface area is 221 Å². The maximum atomic E-state index is 13.9. The summed E-state index contributed by atoms with van der Waals surface area (Å²) in [6.45, 7) is 11.2. The van der Waals surface area contributed by atoms with Gasteiger partial charge in [0.15, 0.2) is 5.17 Å². The molecule has 0 unspecified atom stereocenters. The van der Waals surface area contributed by atoms with Crippen molar-refractivity contribution in [2.45, 2.75) is 32.6 Å². The van der Waals surface area contributed by atoms with Crippen molar-refractivity contribution in [1.29, 1.82) is 0 Å². The summed E-state index contributed by atoms with van der Waals surface area (Å²) in [6.07, 6.45) is 0. The number of fused-ring (bicyclic) bond motifs is 1. The van der Waals surface area contributed by atoms with Crippen molar-refractivity contribution >= 4 is 57.3 Å². The topological polar surface area (TPSA) is 39.1 Å². The van der Waals surface area contributed by atoms with Crippen molar-refractivity contribution in [3.63, 3.8) is 0 Å². The number of para-hydroxylation sites is 1. The van der Waals surface area contributed by atoms with Crippen molar-refractivity contribution in [3.05, 3.63) is 88.3 Å². The van der Waals surface area contributed by atoms with Gasteiger partial charge in [-0.15, -0.1) is 0 Å². The third kappa shape index (κ3) is 4.53. The Hall–Kier alpha value is -3.16. The minimum atomic E-state index is -0.0314. The van der Waals surface area contributed by atoms with Crippen LogP contribution in [0.4, 0.5) is 22.7 Å². The minimum Gasteiger partial charge on any atom is -0.372 e. The third-order valence-corrected chi connectivity index (χ3v) is 8.74. The molecule has 0 spiro atoms.